The van der Waals surface area contributed by atoms with Crippen LogP contribution in [0.2, 0.25) is 0 Å². The van der Waals surface area contributed by atoms with Gasteiger partial charge < -0.3 is 10.3 Å². The van der Waals surface area contributed by atoms with E-state index >= 15 is 0 Å². The van der Waals surface area contributed by atoms with Crippen LogP contribution >= 0.6 is 11.3 Å². The maximum atomic E-state index is 13.1. The molecule has 17 heavy (non-hydrogen) atoms. The van der Waals surface area contributed by atoms with E-state index in [2.05, 4.69) is 5.16 Å². The summed E-state index contributed by atoms with van der Waals surface area (Å²) in [6.45, 7) is 1.85. The zero-order chi connectivity index (χ0) is 12.0. The van der Waals surface area contributed by atoms with Crippen LogP contribution in [0, 0.1) is 12.7 Å². The molecule has 2 N–H and O–H groups in total. The molecular weight excluding hydrogens is 239 g/mol. The Bertz CT molecular complexity index is 702. The Kier molecular flexibility index (Phi) is 2.16. The molecule has 0 unspecified atom stereocenters. The lowest BCUT2D eigenvalue weighted by molar-refractivity contribution is 0.439. The van der Waals surface area contributed by atoms with Crippen molar-refractivity contribution in [1.29, 1.82) is 0 Å². The van der Waals surface area contributed by atoms with Gasteiger partial charge >= 0.3 is 0 Å². The minimum absolute atomic E-state index is 0.234. The highest BCUT2D eigenvalue weighted by Crippen LogP contribution is 2.36. The molecule has 0 fully saturated rings. The third-order valence-electron chi connectivity index (χ3n) is 2.68. The van der Waals surface area contributed by atoms with E-state index in [1.54, 1.807) is 6.07 Å². The summed E-state index contributed by atoms with van der Waals surface area (Å²) in [4.78, 5) is 0.934. The molecule has 5 heteroatoms. The molecule has 0 aliphatic carbocycles. The number of fused-ring (bicyclic) bond motifs is 1. The first kappa shape index (κ1) is 10.3. The second kappa shape index (κ2) is 3.56. The number of hydrogen-bond acceptors (Lipinski definition) is 4. The highest BCUT2D eigenvalue weighted by atomic mass is 32.1. The molecule has 2 aromatic heterocycles. The SMILES string of the molecule is Cc1c(-c2cc3ccc(F)cc3s2)noc1N. The minimum Gasteiger partial charge on any atom is -0.367 e. The molecule has 86 valence electrons. The Morgan fingerprint density at radius 1 is 1.35 bits per heavy atom. The van der Waals surface area contributed by atoms with Crippen LogP contribution in [0.5, 0.6) is 0 Å². The molecule has 2 heterocycles. The summed E-state index contributed by atoms with van der Waals surface area (Å²) in [6, 6.07) is 6.68. The molecule has 0 atom stereocenters. The van der Waals surface area contributed by atoms with E-state index in [1.165, 1.54) is 23.5 Å². The zero-order valence-corrected chi connectivity index (χ0v) is 9.84. The number of nitrogen functional groups attached to an aromatic ring is 1. The van der Waals surface area contributed by atoms with E-state index in [1.807, 2.05) is 13.0 Å². The van der Waals surface area contributed by atoms with Crippen LogP contribution in [0.1, 0.15) is 5.56 Å². The van der Waals surface area contributed by atoms with Crippen LogP contribution in [0.15, 0.2) is 28.8 Å². The lowest BCUT2D eigenvalue weighted by atomic mass is 10.2. The van der Waals surface area contributed by atoms with Crippen LogP contribution in [0.3, 0.4) is 0 Å². The maximum Gasteiger partial charge on any atom is 0.225 e. The monoisotopic (exact) mass is 248 g/mol. The average molecular weight is 248 g/mol. The van der Waals surface area contributed by atoms with Crippen molar-refractivity contribution in [1.82, 2.24) is 5.16 Å². The Morgan fingerprint density at radius 2 is 2.18 bits per heavy atom. The standard InChI is InChI=1S/C12H9FN2OS/c1-6-11(15-16-12(6)14)10-4-7-2-3-8(13)5-9(7)17-10/h2-5H,14H2,1H3. The van der Waals surface area contributed by atoms with Crippen molar-refractivity contribution in [2.45, 2.75) is 6.92 Å². The van der Waals surface area contributed by atoms with Gasteiger partial charge in [-0.2, -0.15) is 0 Å². The van der Waals surface area contributed by atoms with Crippen molar-refractivity contribution < 1.29 is 8.91 Å². The quantitative estimate of drug-likeness (QED) is 0.716. The number of aromatic nitrogens is 1. The van der Waals surface area contributed by atoms with E-state index in [-0.39, 0.29) is 5.82 Å². The molecule has 3 nitrogen and oxygen atoms in total. The van der Waals surface area contributed by atoms with Gasteiger partial charge in [0.15, 0.2) is 0 Å². The summed E-state index contributed by atoms with van der Waals surface area (Å²) < 4.78 is 18.9. The van der Waals surface area contributed by atoms with Gasteiger partial charge in [-0.05, 0) is 30.5 Å². The van der Waals surface area contributed by atoms with Crippen LogP contribution < -0.4 is 5.73 Å². The summed E-state index contributed by atoms with van der Waals surface area (Å²) in [5.41, 5.74) is 7.15. The number of nitrogens with two attached hydrogens (primary N) is 1. The first-order valence-electron chi connectivity index (χ1n) is 5.06. The van der Waals surface area contributed by atoms with Gasteiger partial charge in [-0.25, -0.2) is 4.39 Å². The molecule has 0 aliphatic rings. The van der Waals surface area contributed by atoms with Gasteiger partial charge in [-0.1, -0.05) is 11.2 Å². The predicted octanol–water partition coefficient (Wildman–Crippen LogP) is 3.59. The normalized spacial score (nSPS) is 11.2. The number of hydrogen-bond donors (Lipinski definition) is 1. The van der Waals surface area contributed by atoms with Gasteiger partial charge in [0.25, 0.3) is 0 Å². The first-order chi connectivity index (χ1) is 8.15. The molecule has 0 bridgehead atoms. The number of halogens is 1. The number of benzene rings is 1. The van der Waals surface area contributed by atoms with Crippen molar-refractivity contribution in [2.75, 3.05) is 5.73 Å². The van der Waals surface area contributed by atoms with Crippen LogP contribution in [0.4, 0.5) is 10.3 Å². The second-order valence-corrected chi connectivity index (χ2v) is 4.90. The third-order valence-corrected chi connectivity index (χ3v) is 3.78. The van der Waals surface area contributed by atoms with Crippen molar-refractivity contribution in [2.24, 2.45) is 0 Å². The molecule has 0 saturated carbocycles. The van der Waals surface area contributed by atoms with Crippen LogP contribution in [0.25, 0.3) is 20.7 Å². The molecule has 0 saturated heterocycles. The molecule has 3 rings (SSSR count). The van der Waals surface area contributed by atoms with Crippen LogP contribution in [-0.4, -0.2) is 5.16 Å². The molecular formula is C12H9FN2OS. The van der Waals surface area contributed by atoms with Gasteiger partial charge in [-0.15, -0.1) is 11.3 Å². The first-order valence-corrected chi connectivity index (χ1v) is 5.88. The maximum absolute atomic E-state index is 13.1. The summed E-state index contributed by atoms with van der Waals surface area (Å²) in [5, 5.41) is 4.91. The summed E-state index contributed by atoms with van der Waals surface area (Å²) >= 11 is 1.47. The lowest BCUT2D eigenvalue weighted by Gasteiger charge is -1.89. The predicted molar refractivity (Wildman–Crippen MR) is 66.4 cm³/mol. The van der Waals surface area contributed by atoms with Crippen molar-refractivity contribution in [3.8, 4) is 10.6 Å². The molecule has 0 aliphatic heterocycles. The number of nitrogens with zero attached hydrogens (tertiary/aromatic N) is 1. The Hall–Kier alpha value is -1.88. The van der Waals surface area contributed by atoms with Gasteiger partial charge in [0, 0.05) is 10.3 Å². The topological polar surface area (TPSA) is 52.0 Å². The highest BCUT2D eigenvalue weighted by Gasteiger charge is 2.14. The Labute approximate surface area is 101 Å². The van der Waals surface area contributed by atoms with Crippen molar-refractivity contribution in [3.05, 3.63) is 35.6 Å². The fourth-order valence-corrected chi connectivity index (χ4v) is 2.83. The lowest BCUT2D eigenvalue weighted by Crippen LogP contribution is -1.83. The minimum atomic E-state index is -0.234. The van der Waals surface area contributed by atoms with Crippen molar-refractivity contribution >= 4 is 27.3 Å². The molecule has 0 spiro atoms. The Balaban J connectivity index is 2.21. The number of anilines is 1. The van der Waals surface area contributed by atoms with E-state index < -0.39 is 0 Å². The molecule has 0 radical (unpaired) electrons. The fourth-order valence-electron chi connectivity index (χ4n) is 1.70. The second-order valence-electron chi connectivity index (χ2n) is 3.81. The summed E-state index contributed by atoms with van der Waals surface area (Å²) in [5.74, 6) is 0.0888. The number of thiophene rings is 1. The molecule has 1 aromatic carbocycles. The summed E-state index contributed by atoms with van der Waals surface area (Å²) in [7, 11) is 0. The van der Waals surface area contributed by atoms with Gasteiger partial charge in [-0.3, -0.25) is 0 Å². The van der Waals surface area contributed by atoms with Gasteiger partial charge in [0.2, 0.25) is 5.88 Å². The smallest absolute Gasteiger partial charge is 0.225 e. The van der Waals surface area contributed by atoms with Gasteiger partial charge in [0.1, 0.15) is 11.5 Å². The average Bonchev–Trinajstić information content (AvgIpc) is 2.83. The van der Waals surface area contributed by atoms with Crippen molar-refractivity contribution in [3.63, 3.8) is 0 Å². The highest BCUT2D eigenvalue weighted by molar-refractivity contribution is 7.22. The van der Waals surface area contributed by atoms with Crippen LogP contribution in [-0.2, 0) is 0 Å². The van der Waals surface area contributed by atoms with E-state index in [0.29, 0.717) is 5.88 Å². The van der Waals surface area contributed by atoms with Gasteiger partial charge in [0.05, 0.1) is 4.88 Å². The number of rotatable bonds is 1. The zero-order valence-electron chi connectivity index (χ0n) is 9.03. The largest absolute Gasteiger partial charge is 0.367 e. The summed E-state index contributed by atoms with van der Waals surface area (Å²) in [6.07, 6.45) is 0. The van der Waals surface area contributed by atoms with E-state index in [9.17, 15) is 4.39 Å². The third kappa shape index (κ3) is 1.59. The van der Waals surface area contributed by atoms with E-state index in [4.69, 9.17) is 10.3 Å². The molecule has 3 aromatic rings. The fraction of sp³-hybridized carbons (Fsp3) is 0.0833. The molecule has 0 amide bonds. The Morgan fingerprint density at radius 3 is 2.88 bits per heavy atom. The van der Waals surface area contributed by atoms with E-state index in [0.717, 1.165) is 26.2 Å².